The van der Waals surface area contributed by atoms with Gasteiger partial charge in [-0.2, -0.15) is 11.8 Å². The molecule has 0 spiro atoms. The SMILES string of the molecule is CCCNC(CC)C1CCSC1. The Bertz CT molecular complexity index is 110. The van der Waals surface area contributed by atoms with E-state index in [0.29, 0.717) is 0 Å². The highest BCUT2D eigenvalue weighted by Crippen LogP contribution is 2.27. The Morgan fingerprint density at radius 3 is 2.83 bits per heavy atom. The van der Waals surface area contributed by atoms with Crippen molar-refractivity contribution in [2.24, 2.45) is 5.92 Å². The normalized spacial score (nSPS) is 26.0. The van der Waals surface area contributed by atoms with Crippen molar-refractivity contribution in [3.05, 3.63) is 0 Å². The van der Waals surface area contributed by atoms with E-state index in [2.05, 4.69) is 30.9 Å². The minimum absolute atomic E-state index is 0.792. The third-order valence-electron chi connectivity index (χ3n) is 2.63. The van der Waals surface area contributed by atoms with Gasteiger partial charge in [0, 0.05) is 6.04 Å². The molecule has 0 aromatic rings. The van der Waals surface area contributed by atoms with Gasteiger partial charge in [-0.3, -0.25) is 0 Å². The summed E-state index contributed by atoms with van der Waals surface area (Å²) >= 11 is 2.12. The first kappa shape index (κ1) is 10.4. The average Bonchev–Trinajstić information content (AvgIpc) is 2.59. The van der Waals surface area contributed by atoms with Crippen LogP contribution in [0.3, 0.4) is 0 Å². The summed E-state index contributed by atoms with van der Waals surface area (Å²) in [5.41, 5.74) is 0. The standard InChI is InChI=1S/C10H21NS/c1-3-6-11-10(4-2)9-5-7-12-8-9/h9-11H,3-8H2,1-2H3. The number of nitrogens with one attached hydrogen (secondary N) is 1. The van der Waals surface area contributed by atoms with Crippen LogP contribution in [0, 0.1) is 5.92 Å². The molecule has 1 aliphatic rings. The summed E-state index contributed by atoms with van der Waals surface area (Å²) in [6.45, 7) is 5.74. The number of thioether (sulfide) groups is 1. The Morgan fingerprint density at radius 1 is 1.50 bits per heavy atom. The largest absolute Gasteiger partial charge is 0.314 e. The van der Waals surface area contributed by atoms with Gasteiger partial charge in [0.1, 0.15) is 0 Å². The van der Waals surface area contributed by atoms with Crippen LogP contribution >= 0.6 is 11.8 Å². The van der Waals surface area contributed by atoms with Crippen LogP contribution in [0.15, 0.2) is 0 Å². The van der Waals surface area contributed by atoms with Gasteiger partial charge < -0.3 is 5.32 Å². The molecule has 0 bridgehead atoms. The average molecular weight is 187 g/mol. The van der Waals surface area contributed by atoms with Crippen LogP contribution in [0.4, 0.5) is 0 Å². The highest BCUT2D eigenvalue weighted by atomic mass is 32.2. The van der Waals surface area contributed by atoms with Crippen molar-refractivity contribution in [2.45, 2.75) is 39.2 Å². The molecule has 1 heterocycles. The van der Waals surface area contributed by atoms with Crippen LogP contribution in [-0.4, -0.2) is 24.1 Å². The molecule has 1 rings (SSSR count). The molecule has 0 radical (unpaired) electrons. The van der Waals surface area contributed by atoms with Crippen LogP contribution in [0.2, 0.25) is 0 Å². The molecule has 1 N–H and O–H groups in total. The van der Waals surface area contributed by atoms with Crippen molar-refractivity contribution in [3.63, 3.8) is 0 Å². The van der Waals surface area contributed by atoms with E-state index in [1.807, 2.05) is 0 Å². The first-order valence-electron chi connectivity index (χ1n) is 5.19. The fraction of sp³-hybridized carbons (Fsp3) is 1.00. The maximum atomic E-state index is 3.65. The van der Waals surface area contributed by atoms with Gasteiger partial charge >= 0.3 is 0 Å². The molecule has 1 fully saturated rings. The van der Waals surface area contributed by atoms with Gasteiger partial charge in [0.05, 0.1) is 0 Å². The minimum Gasteiger partial charge on any atom is -0.314 e. The van der Waals surface area contributed by atoms with E-state index in [0.717, 1.165) is 12.0 Å². The van der Waals surface area contributed by atoms with Gasteiger partial charge in [0.25, 0.3) is 0 Å². The van der Waals surface area contributed by atoms with E-state index in [4.69, 9.17) is 0 Å². The molecule has 0 aliphatic carbocycles. The molecule has 12 heavy (non-hydrogen) atoms. The second kappa shape index (κ2) is 5.87. The molecule has 1 aliphatic heterocycles. The lowest BCUT2D eigenvalue weighted by molar-refractivity contribution is 0.373. The quantitative estimate of drug-likeness (QED) is 0.710. The fourth-order valence-corrected chi connectivity index (χ4v) is 3.18. The van der Waals surface area contributed by atoms with Crippen LogP contribution < -0.4 is 5.32 Å². The maximum absolute atomic E-state index is 3.65. The second-order valence-corrected chi connectivity index (χ2v) is 4.74. The molecule has 1 saturated heterocycles. The van der Waals surface area contributed by atoms with Crippen molar-refractivity contribution >= 4 is 11.8 Å². The molecule has 0 aromatic heterocycles. The van der Waals surface area contributed by atoms with Crippen LogP contribution in [-0.2, 0) is 0 Å². The smallest absolute Gasteiger partial charge is 0.0101 e. The molecule has 0 saturated carbocycles. The number of hydrogen-bond donors (Lipinski definition) is 1. The molecule has 1 nitrogen and oxygen atoms in total. The Balaban J connectivity index is 2.22. The molecule has 2 heteroatoms. The summed E-state index contributed by atoms with van der Waals surface area (Å²) in [6.07, 6.45) is 3.99. The fourth-order valence-electron chi connectivity index (χ4n) is 1.84. The Kier molecular flexibility index (Phi) is 5.08. The van der Waals surface area contributed by atoms with Gasteiger partial charge in [0.15, 0.2) is 0 Å². The predicted molar refractivity (Wildman–Crippen MR) is 57.8 cm³/mol. The molecule has 72 valence electrons. The zero-order valence-corrected chi connectivity index (χ0v) is 9.12. The molecule has 0 aromatic carbocycles. The summed E-state index contributed by atoms with van der Waals surface area (Å²) in [4.78, 5) is 0. The highest BCUT2D eigenvalue weighted by Gasteiger charge is 2.22. The van der Waals surface area contributed by atoms with E-state index < -0.39 is 0 Å². The Morgan fingerprint density at radius 2 is 2.33 bits per heavy atom. The lowest BCUT2D eigenvalue weighted by atomic mass is 9.97. The summed E-state index contributed by atoms with van der Waals surface area (Å²) < 4.78 is 0. The summed E-state index contributed by atoms with van der Waals surface area (Å²) in [5, 5.41) is 3.65. The van der Waals surface area contributed by atoms with Crippen molar-refractivity contribution < 1.29 is 0 Å². The van der Waals surface area contributed by atoms with E-state index in [1.165, 1.54) is 37.3 Å². The number of rotatable bonds is 5. The monoisotopic (exact) mass is 187 g/mol. The van der Waals surface area contributed by atoms with Crippen LogP contribution in [0.5, 0.6) is 0 Å². The van der Waals surface area contributed by atoms with Crippen molar-refractivity contribution in [2.75, 3.05) is 18.1 Å². The summed E-state index contributed by atoms with van der Waals surface area (Å²) in [5.74, 6) is 3.72. The van der Waals surface area contributed by atoms with Gasteiger partial charge in [-0.1, -0.05) is 13.8 Å². The molecular weight excluding hydrogens is 166 g/mol. The van der Waals surface area contributed by atoms with Gasteiger partial charge in [-0.25, -0.2) is 0 Å². The van der Waals surface area contributed by atoms with Crippen molar-refractivity contribution in [1.29, 1.82) is 0 Å². The molecule has 0 amide bonds. The van der Waals surface area contributed by atoms with Gasteiger partial charge in [0.2, 0.25) is 0 Å². The topological polar surface area (TPSA) is 12.0 Å². The van der Waals surface area contributed by atoms with Crippen LogP contribution in [0.1, 0.15) is 33.1 Å². The first-order chi connectivity index (χ1) is 5.88. The molecule has 2 atom stereocenters. The lowest BCUT2D eigenvalue weighted by Gasteiger charge is -2.22. The molecular formula is C10H21NS. The highest BCUT2D eigenvalue weighted by molar-refractivity contribution is 7.99. The zero-order chi connectivity index (χ0) is 8.81. The third-order valence-corrected chi connectivity index (χ3v) is 3.82. The first-order valence-corrected chi connectivity index (χ1v) is 6.35. The predicted octanol–water partition coefficient (Wildman–Crippen LogP) is 2.52. The summed E-state index contributed by atoms with van der Waals surface area (Å²) in [6, 6.07) is 0.792. The lowest BCUT2D eigenvalue weighted by Crippen LogP contribution is -2.36. The van der Waals surface area contributed by atoms with Crippen molar-refractivity contribution in [3.8, 4) is 0 Å². The van der Waals surface area contributed by atoms with Crippen molar-refractivity contribution in [1.82, 2.24) is 5.32 Å². The maximum Gasteiger partial charge on any atom is 0.0101 e. The van der Waals surface area contributed by atoms with E-state index >= 15 is 0 Å². The Hall–Kier alpha value is 0.310. The number of hydrogen-bond acceptors (Lipinski definition) is 2. The molecule has 2 unspecified atom stereocenters. The van der Waals surface area contributed by atoms with E-state index in [9.17, 15) is 0 Å². The Labute approximate surface area is 80.7 Å². The van der Waals surface area contributed by atoms with E-state index in [1.54, 1.807) is 0 Å². The van der Waals surface area contributed by atoms with Gasteiger partial charge in [-0.05, 0) is 43.2 Å². The van der Waals surface area contributed by atoms with E-state index in [-0.39, 0.29) is 0 Å². The zero-order valence-electron chi connectivity index (χ0n) is 8.31. The van der Waals surface area contributed by atoms with Crippen LogP contribution in [0.25, 0.3) is 0 Å². The van der Waals surface area contributed by atoms with Gasteiger partial charge in [-0.15, -0.1) is 0 Å². The second-order valence-electron chi connectivity index (χ2n) is 3.59. The third kappa shape index (κ3) is 2.98. The summed E-state index contributed by atoms with van der Waals surface area (Å²) in [7, 11) is 0. The minimum atomic E-state index is 0.792.